The topological polar surface area (TPSA) is 42.7 Å². The summed E-state index contributed by atoms with van der Waals surface area (Å²) in [6.07, 6.45) is 5.30. The fraction of sp³-hybridized carbons (Fsp3) is 0.467. The van der Waals surface area contributed by atoms with Crippen molar-refractivity contribution in [2.24, 2.45) is 0 Å². The smallest absolute Gasteiger partial charge is 0.146 e. The first kappa shape index (κ1) is 16.1. The molecule has 2 aromatic heterocycles. The van der Waals surface area contributed by atoms with Gasteiger partial charge in [0.2, 0.25) is 0 Å². The van der Waals surface area contributed by atoms with Gasteiger partial charge in [-0.05, 0) is 47.4 Å². The molecule has 0 aliphatic carbocycles. The molecule has 1 unspecified atom stereocenters. The zero-order valence-corrected chi connectivity index (χ0v) is 13.9. The molecule has 6 heteroatoms. The highest BCUT2D eigenvalue weighted by atomic mass is 79.9. The summed E-state index contributed by atoms with van der Waals surface area (Å²) < 4.78 is 16.9. The highest BCUT2D eigenvalue weighted by Gasteiger charge is 2.24. The van der Waals surface area contributed by atoms with E-state index in [0.717, 1.165) is 36.1 Å². The summed E-state index contributed by atoms with van der Waals surface area (Å²) in [5.41, 5.74) is 1.33. The van der Waals surface area contributed by atoms with Crippen LogP contribution in [0.3, 0.4) is 0 Å². The zero-order chi connectivity index (χ0) is 15.2. The lowest BCUT2D eigenvalue weighted by Crippen LogP contribution is -2.28. The van der Waals surface area contributed by atoms with Crippen LogP contribution in [0.25, 0.3) is 0 Å². The van der Waals surface area contributed by atoms with Crippen LogP contribution in [-0.4, -0.2) is 21.3 Å². The van der Waals surface area contributed by atoms with Gasteiger partial charge in [0, 0.05) is 12.7 Å². The van der Waals surface area contributed by atoms with Crippen molar-refractivity contribution in [1.29, 1.82) is 0 Å². The minimum atomic E-state index is -0.311. The lowest BCUT2D eigenvalue weighted by molar-refractivity contribution is 0.483. The molecule has 0 saturated heterocycles. The maximum atomic E-state index is 14.2. The molecule has 2 aromatic rings. The molecule has 0 saturated carbocycles. The molecule has 114 valence electrons. The maximum absolute atomic E-state index is 14.2. The summed E-state index contributed by atoms with van der Waals surface area (Å²) >= 11 is 3.53. The molecule has 0 fully saturated rings. The van der Waals surface area contributed by atoms with E-state index in [1.54, 1.807) is 18.5 Å². The molecule has 21 heavy (non-hydrogen) atoms. The normalized spacial score (nSPS) is 12.6. The van der Waals surface area contributed by atoms with E-state index in [0.29, 0.717) is 5.69 Å². The molecule has 0 aliphatic rings. The van der Waals surface area contributed by atoms with Gasteiger partial charge in [0.15, 0.2) is 0 Å². The van der Waals surface area contributed by atoms with E-state index < -0.39 is 0 Å². The summed E-state index contributed by atoms with van der Waals surface area (Å²) in [4.78, 5) is 4.23. The van der Waals surface area contributed by atoms with Crippen LogP contribution in [0.4, 0.5) is 4.39 Å². The van der Waals surface area contributed by atoms with Gasteiger partial charge < -0.3 is 5.32 Å². The van der Waals surface area contributed by atoms with Crippen molar-refractivity contribution in [1.82, 2.24) is 20.1 Å². The first-order valence-corrected chi connectivity index (χ1v) is 8.03. The Morgan fingerprint density at radius 1 is 1.38 bits per heavy atom. The van der Waals surface area contributed by atoms with E-state index in [2.05, 4.69) is 45.2 Å². The van der Waals surface area contributed by atoms with Gasteiger partial charge in [0.25, 0.3) is 0 Å². The molecular formula is C15H20BrFN4. The molecule has 2 rings (SSSR count). The fourth-order valence-electron chi connectivity index (χ4n) is 2.27. The van der Waals surface area contributed by atoms with Crippen LogP contribution in [0.2, 0.25) is 0 Å². The molecule has 0 aromatic carbocycles. The van der Waals surface area contributed by atoms with Crippen molar-refractivity contribution < 1.29 is 4.39 Å². The number of aryl methyl sites for hydroxylation is 1. The van der Waals surface area contributed by atoms with Crippen LogP contribution >= 0.6 is 15.9 Å². The third-order valence-electron chi connectivity index (χ3n) is 3.20. The van der Waals surface area contributed by atoms with Crippen molar-refractivity contribution in [3.05, 3.63) is 46.2 Å². The van der Waals surface area contributed by atoms with Crippen LogP contribution < -0.4 is 5.32 Å². The minimum Gasteiger partial charge on any atom is -0.304 e. The average Bonchev–Trinajstić information content (AvgIpc) is 2.83. The largest absolute Gasteiger partial charge is 0.304 e. The molecule has 4 nitrogen and oxygen atoms in total. The standard InChI is InChI=1S/C15H20BrFN4/c1-3-7-18-14(13-12(17)6-5-8-19-13)15-11(16)10-20-21(15)9-4-2/h5-6,8,10,14,18H,3-4,7,9H2,1-2H3. The molecule has 1 N–H and O–H groups in total. The third kappa shape index (κ3) is 3.68. The van der Waals surface area contributed by atoms with E-state index in [9.17, 15) is 4.39 Å². The lowest BCUT2D eigenvalue weighted by atomic mass is 10.1. The summed E-state index contributed by atoms with van der Waals surface area (Å²) in [5, 5.41) is 7.74. The van der Waals surface area contributed by atoms with Gasteiger partial charge in [-0.2, -0.15) is 5.10 Å². The van der Waals surface area contributed by atoms with Gasteiger partial charge in [0.05, 0.1) is 28.1 Å². The molecule has 0 radical (unpaired) electrons. The van der Waals surface area contributed by atoms with Gasteiger partial charge in [-0.1, -0.05) is 13.8 Å². The zero-order valence-electron chi connectivity index (χ0n) is 12.3. The Balaban J connectivity index is 2.45. The molecule has 1 atom stereocenters. The van der Waals surface area contributed by atoms with Crippen LogP contribution in [0.15, 0.2) is 29.0 Å². The van der Waals surface area contributed by atoms with Gasteiger partial charge in [-0.3, -0.25) is 9.67 Å². The minimum absolute atomic E-state index is 0.303. The van der Waals surface area contributed by atoms with E-state index in [1.165, 1.54) is 6.07 Å². The predicted octanol–water partition coefficient (Wildman–Crippen LogP) is 3.68. The molecule has 0 amide bonds. The molecule has 2 heterocycles. The fourth-order valence-corrected chi connectivity index (χ4v) is 2.80. The van der Waals surface area contributed by atoms with E-state index in [4.69, 9.17) is 0 Å². The van der Waals surface area contributed by atoms with Gasteiger partial charge in [0.1, 0.15) is 5.82 Å². The number of aromatic nitrogens is 3. The summed E-state index contributed by atoms with van der Waals surface area (Å²) in [6, 6.07) is 2.74. The molecular weight excluding hydrogens is 335 g/mol. The molecule has 0 spiro atoms. The van der Waals surface area contributed by atoms with Crippen molar-refractivity contribution in [3.8, 4) is 0 Å². The lowest BCUT2D eigenvalue weighted by Gasteiger charge is -2.20. The number of pyridine rings is 1. The highest BCUT2D eigenvalue weighted by Crippen LogP contribution is 2.29. The van der Waals surface area contributed by atoms with Crippen molar-refractivity contribution in [2.75, 3.05) is 6.54 Å². The van der Waals surface area contributed by atoms with Crippen molar-refractivity contribution in [3.63, 3.8) is 0 Å². The first-order chi connectivity index (χ1) is 10.2. The van der Waals surface area contributed by atoms with Crippen molar-refractivity contribution >= 4 is 15.9 Å². The second-order valence-corrected chi connectivity index (χ2v) is 5.71. The summed E-state index contributed by atoms with van der Waals surface area (Å²) in [6.45, 7) is 5.75. The Morgan fingerprint density at radius 3 is 2.86 bits per heavy atom. The Morgan fingerprint density at radius 2 is 2.19 bits per heavy atom. The number of hydrogen-bond acceptors (Lipinski definition) is 3. The Labute approximate surface area is 132 Å². The number of nitrogens with zero attached hydrogens (tertiary/aromatic N) is 3. The van der Waals surface area contributed by atoms with Crippen LogP contribution in [0.5, 0.6) is 0 Å². The second-order valence-electron chi connectivity index (χ2n) is 4.86. The van der Waals surface area contributed by atoms with Gasteiger partial charge >= 0.3 is 0 Å². The molecule has 0 aliphatic heterocycles. The van der Waals surface area contributed by atoms with Crippen LogP contribution in [0, 0.1) is 5.82 Å². The predicted molar refractivity (Wildman–Crippen MR) is 84.5 cm³/mol. The number of rotatable bonds is 7. The number of halogens is 2. The van der Waals surface area contributed by atoms with Gasteiger partial charge in [-0.15, -0.1) is 0 Å². The Hall–Kier alpha value is -1.27. The Bertz CT molecular complexity index is 585. The van der Waals surface area contributed by atoms with Gasteiger partial charge in [-0.25, -0.2) is 4.39 Å². The Kier molecular flexibility index (Phi) is 5.87. The molecule has 0 bridgehead atoms. The van der Waals surface area contributed by atoms with Crippen LogP contribution in [-0.2, 0) is 6.54 Å². The maximum Gasteiger partial charge on any atom is 0.146 e. The monoisotopic (exact) mass is 354 g/mol. The first-order valence-electron chi connectivity index (χ1n) is 7.24. The highest BCUT2D eigenvalue weighted by molar-refractivity contribution is 9.10. The second kappa shape index (κ2) is 7.66. The van der Waals surface area contributed by atoms with E-state index in [1.807, 2.05) is 4.68 Å². The summed E-state index contributed by atoms with van der Waals surface area (Å²) in [7, 11) is 0. The van der Waals surface area contributed by atoms with E-state index in [-0.39, 0.29) is 11.9 Å². The quantitative estimate of drug-likeness (QED) is 0.824. The number of hydrogen-bond donors (Lipinski definition) is 1. The average molecular weight is 355 g/mol. The third-order valence-corrected chi connectivity index (χ3v) is 3.81. The SMILES string of the molecule is CCCNC(c1ncccc1F)c1c(Br)cnn1CCC. The van der Waals surface area contributed by atoms with Crippen LogP contribution in [0.1, 0.15) is 44.1 Å². The van der Waals surface area contributed by atoms with Crippen molar-refractivity contribution in [2.45, 2.75) is 39.3 Å². The van der Waals surface area contributed by atoms with E-state index >= 15 is 0 Å². The number of nitrogens with one attached hydrogen (secondary N) is 1. The summed E-state index contributed by atoms with van der Waals surface area (Å²) in [5.74, 6) is -0.303.